The first-order valence-corrected chi connectivity index (χ1v) is 10.3. The number of imidazole rings is 1. The minimum absolute atomic E-state index is 0.440. The third kappa shape index (κ3) is 2.69. The normalized spacial score (nSPS) is 23.1. The zero-order valence-electron chi connectivity index (χ0n) is 16.4. The summed E-state index contributed by atoms with van der Waals surface area (Å²) < 4.78 is 2.52. The Morgan fingerprint density at radius 1 is 1.32 bits per heavy atom. The molecular weight excluding hydrogens is 348 g/mol. The van der Waals surface area contributed by atoms with E-state index < -0.39 is 0 Å². The minimum Gasteiger partial charge on any atom is -0.374 e. The van der Waals surface area contributed by atoms with Gasteiger partial charge in [0.2, 0.25) is 0 Å². The molecule has 0 atom stereocenters. The number of hydrogen-bond acceptors (Lipinski definition) is 4. The van der Waals surface area contributed by atoms with E-state index in [-0.39, 0.29) is 0 Å². The fraction of sp³-hybridized carbons (Fsp3) is 0.500. The number of allylic oxidation sites excluding steroid dienone is 1. The maximum absolute atomic E-state index is 9.04. The van der Waals surface area contributed by atoms with Crippen LogP contribution in [0.3, 0.4) is 0 Å². The molecule has 2 aliphatic rings. The van der Waals surface area contributed by atoms with Crippen LogP contribution in [0.1, 0.15) is 56.8 Å². The molecule has 0 unspecified atom stereocenters. The van der Waals surface area contributed by atoms with Gasteiger partial charge in [-0.15, -0.1) is 0 Å². The quantitative estimate of drug-likeness (QED) is 0.730. The molecule has 1 saturated carbocycles. The van der Waals surface area contributed by atoms with E-state index in [1.165, 1.54) is 11.3 Å². The molecule has 1 aliphatic carbocycles. The van der Waals surface area contributed by atoms with Crippen molar-refractivity contribution in [2.24, 2.45) is 5.92 Å². The fourth-order valence-electron chi connectivity index (χ4n) is 4.96. The van der Waals surface area contributed by atoms with Gasteiger partial charge in [-0.1, -0.05) is 6.58 Å². The van der Waals surface area contributed by atoms with Crippen LogP contribution in [0.4, 0.5) is 0 Å². The highest BCUT2D eigenvalue weighted by Gasteiger charge is 2.35. The molecule has 3 aromatic rings. The number of aromatic amines is 1. The van der Waals surface area contributed by atoms with Crippen molar-refractivity contribution in [3.63, 3.8) is 0 Å². The second kappa shape index (κ2) is 6.66. The van der Waals surface area contributed by atoms with Crippen LogP contribution in [0, 0.1) is 17.2 Å². The van der Waals surface area contributed by atoms with Crippen molar-refractivity contribution in [2.75, 3.05) is 13.1 Å². The zero-order valence-corrected chi connectivity index (χ0v) is 16.4. The van der Waals surface area contributed by atoms with Crippen molar-refractivity contribution in [1.29, 1.82) is 5.26 Å². The van der Waals surface area contributed by atoms with Gasteiger partial charge in [0, 0.05) is 42.8 Å². The average molecular weight is 374 g/mol. The lowest BCUT2D eigenvalue weighted by Crippen LogP contribution is -2.44. The van der Waals surface area contributed by atoms with Gasteiger partial charge in [-0.25, -0.2) is 9.97 Å². The molecule has 4 heterocycles. The predicted octanol–water partition coefficient (Wildman–Crippen LogP) is 4.49. The first-order valence-electron chi connectivity index (χ1n) is 10.3. The molecule has 28 heavy (non-hydrogen) atoms. The topological polar surface area (TPSA) is 73.5 Å². The van der Waals surface area contributed by atoms with Crippen LogP contribution in [-0.2, 0) is 0 Å². The van der Waals surface area contributed by atoms with Crippen molar-refractivity contribution < 1.29 is 0 Å². The number of pyridine rings is 1. The van der Waals surface area contributed by atoms with E-state index in [4.69, 9.17) is 10.2 Å². The Labute approximate surface area is 164 Å². The predicted molar refractivity (Wildman–Crippen MR) is 110 cm³/mol. The van der Waals surface area contributed by atoms with Crippen LogP contribution in [0.25, 0.3) is 22.1 Å². The van der Waals surface area contributed by atoms with Crippen LogP contribution < -0.4 is 0 Å². The summed E-state index contributed by atoms with van der Waals surface area (Å²) in [6.45, 7) is 8.14. The third-order valence-electron chi connectivity index (χ3n) is 6.61. The lowest BCUT2D eigenvalue weighted by Gasteiger charge is -2.42. The Morgan fingerprint density at radius 2 is 2.11 bits per heavy atom. The largest absolute Gasteiger partial charge is 0.374 e. The van der Waals surface area contributed by atoms with E-state index in [9.17, 15) is 0 Å². The molecule has 144 valence electrons. The summed E-state index contributed by atoms with van der Waals surface area (Å²) in [7, 11) is 0. The smallest absolute Gasteiger partial charge is 0.139 e. The second-order valence-corrected chi connectivity index (χ2v) is 8.45. The number of fused-ring (bicyclic) bond motifs is 3. The zero-order chi connectivity index (χ0) is 19.3. The maximum Gasteiger partial charge on any atom is 0.139 e. The van der Waals surface area contributed by atoms with E-state index in [0.717, 1.165) is 61.0 Å². The first-order chi connectivity index (χ1) is 13.7. The molecule has 6 heteroatoms. The summed E-state index contributed by atoms with van der Waals surface area (Å²) in [5.74, 6) is 2.19. The van der Waals surface area contributed by atoms with E-state index in [1.807, 2.05) is 12.4 Å². The number of nitriles is 1. The van der Waals surface area contributed by atoms with Crippen LogP contribution in [0.15, 0.2) is 30.7 Å². The monoisotopic (exact) mass is 374 g/mol. The van der Waals surface area contributed by atoms with Crippen molar-refractivity contribution in [3.05, 3.63) is 36.6 Å². The van der Waals surface area contributed by atoms with Crippen LogP contribution in [0.2, 0.25) is 0 Å². The van der Waals surface area contributed by atoms with Gasteiger partial charge in [-0.2, -0.15) is 5.26 Å². The molecule has 0 bridgehead atoms. The number of likely N-dealkylation sites (tertiary alicyclic amines) is 1. The van der Waals surface area contributed by atoms with Gasteiger partial charge in [0.05, 0.1) is 23.7 Å². The summed E-state index contributed by atoms with van der Waals surface area (Å²) in [5, 5.41) is 10.2. The van der Waals surface area contributed by atoms with E-state index >= 15 is 0 Å². The number of rotatable bonds is 4. The van der Waals surface area contributed by atoms with Gasteiger partial charge in [-0.05, 0) is 44.6 Å². The fourth-order valence-corrected chi connectivity index (χ4v) is 4.96. The molecular formula is C22H26N6. The second-order valence-electron chi connectivity index (χ2n) is 8.45. The highest BCUT2D eigenvalue weighted by atomic mass is 15.2. The Hall–Kier alpha value is -2.81. The van der Waals surface area contributed by atoms with Gasteiger partial charge in [-0.3, -0.25) is 0 Å². The molecule has 1 aliphatic heterocycles. The average Bonchev–Trinajstić information content (AvgIpc) is 3.25. The number of hydrogen-bond donors (Lipinski definition) is 1. The van der Waals surface area contributed by atoms with Crippen molar-refractivity contribution in [1.82, 2.24) is 24.4 Å². The van der Waals surface area contributed by atoms with Gasteiger partial charge in [0.25, 0.3) is 0 Å². The van der Waals surface area contributed by atoms with Crippen LogP contribution in [-0.4, -0.2) is 37.5 Å². The molecule has 2 fully saturated rings. The van der Waals surface area contributed by atoms with Crippen molar-refractivity contribution in [3.8, 4) is 6.07 Å². The Balaban J connectivity index is 1.57. The van der Waals surface area contributed by atoms with Crippen molar-refractivity contribution >= 4 is 22.1 Å². The molecule has 1 saturated heterocycles. The summed E-state index contributed by atoms with van der Waals surface area (Å²) in [4.78, 5) is 15.2. The lowest BCUT2D eigenvalue weighted by molar-refractivity contribution is 0.184. The first kappa shape index (κ1) is 17.3. The molecule has 6 nitrogen and oxygen atoms in total. The molecule has 5 rings (SSSR count). The number of aromatic nitrogens is 4. The SMILES string of the molecule is C=C(C)N1CC(c2nc3cnc4[nH]ccc4c3n2C2CCC(CC#N)CC2)C1. The third-order valence-corrected chi connectivity index (χ3v) is 6.61. The summed E-state index contributed by atoms with van der Waals surface area (Å²) >= 11 is 0. The number of nitrogens with zero attached hydrogens (tertiary/aromatic N) is 5. The number of nitrogens with one attached hydrogen (secondary N) is 1. The van der Waals surface area contributed by atoms with E-state index in [1.54, 1.807) is 0 Å². The standard InChI is InChI=1S/C22H26N6/c1-14(2)27-12-16(13-27)22-26-19-11-25-21-18(8-10-24-21)20(19)28(22)17-5-3-15(4-6-17)7-9-23/h8,10-11,15-17H,1,3-7,12-13H2,2H3,(H,24,25). The van der Waals surface area contributed by atoms with Gasteiger partial charge < -0.3 is 14.5 Å². The molecule has 0 amide bonds. The van der Waals surface area contributed by atoms with E-state index in [2.05, 4.69) is 45.1 Å². The summed E-state index contributed by atoms with van der Waals surface area (Å²) in [6, 6.07) is 4.93. The van der Waals surface area contributed by atoms with Gasteiger partial charge in [0.15, 0.2) is 0 Å². The lowest BCUT2D eigenvalue weighted by atomic mass is 9.84. The molecule has 1 N–H and O–H groups in total. The molecule has 0 radical (unpaired) electrons. The highest BCUT2D eigenvalue weighted by Crippen LogP contribution is 2.41. The van der Waals surface area contributed by atoms with Crippen molar-refractivity contribution in [2.45, 2.75) is 51.0 Å². The van der Waals surface area contributed by atoms with Gasteiger partial charge in [0.1, 0.15) is 17.0 Å². The minimum atomic E-state index is 0.440. The molecule has 0 spiro atoms. The van der Waals surface area contributed by atoms with E-state index in [0.29, 0.717) is 24.3 Å². The Kier molecular flexibility index (Phi) is 4.12. The highest BCUT2D eigenvalue weighted by molar-refractivity contribution is 6.01. The van der Waals surface area contributed by atoms with Crippen LogP contribution >= 0.6 is 0 Å². The maximum atomic E-state index is 9.04. The summed E-state index contributed by atoms with van der Waals surface area (Å²) in [6.07, 6.45) is 9.05. The van der Waals surface area contributed by atoms with Crippen LogP contribution in [0.5, 0.6) is 0 Å². The Bertz CT molecular complexity index is 1070. The van der Waals surface area contributed by atoms with Gasteiger partial charge >= 0.3 is 0 Å². The molecule has 3 aromatic heterocycles. The number of H-pyrrole nitrogens is 1. The molecule has 0 aromatic carbocycles. The Morgan fingerprint density at radius 3 is 2.82 bits per heavy atom. The summed E-state index contributed by atoms with van der Waals surface area (Å²) in [5.41, 5.74) is 4.27.